The highest BCUT2D eigenvalue weighted by molar-refractivity contribution is 7.89. The third kappa shape index (κ3) is 7.16. The molecule has 0 radical (unpaired) electrons. The molecule has 1 aliphatic rings. The number of anilines is 1. The molecule has 2 amide bonds. The number of benzene rings is 2. The second-order valence-corrected chi connectivity index (χ2v) is 12.4. The summed E-state index contributed by atoms with van der Waals surface area (Å²) < 4.78 is 50.9. The summed E-state index contributed by atoms with van der Waals surface area (Å²) in [6.45, 7) is 1.54. The summed E-state index contributed by atoms with van der Waals surface area (Å²) in [6, 6.07) is 10.2. The Kier molecular flexibility index (Phi) is 8.98. The molecule has 36 heavy (non-hydrogen) atoms. The summed E-state index contributed by atoms with van der Waals surface area (Å²) in [6.07, 6.45) is 0.307. The largest absolute Gasteiger partial charge is 0.324 e. The van der Waals surface area contributed by atoms with Crippen LogP contribution in [0.2, 0.25) is 0 Å². The Morgan fingerprint density at radius 3 is 2.44 bits per heavy atom. The quantitative estimate of drug-likeness (QED) is 0.317. The highest BCUT2D eigenvalue weighted by Gasteiger charge is 2.34. The Morgan fingerprint density at radius 1 is 1.14 bits per heavy atom. The molecule has 0 saturated carbocycles. The van der Waals surface area contributed by atoms with E-state index in [1.54, 1.807) is 31.2 Å². The van der Waals surface area contributed by atoms with Crippen molar-refractivity contribution in [1.29, 1.82) is 0 Å². The van der Waals surface area contributed by atoms with Gasteiger partial charge in [-0.3, -0.25) is 14.6 Å². The Balaban J connectivity index is 1.62. The van der Waals surface area contributed by atoms with Crippen molar-refractivity contribution in [2.45, 2.75) is 33.9 Å². The normalized spacial score (nSPS) is 18.8. The fourth-order valence-electron chi connectivity index (χ4n) is 3.38. The van der Waals surface area contributed by atoms with E-state index in [2.05, 4.69) is 15.5 Å². The highest BCUT2D eigenvalue weighted by atomic mass is 35.5. The molecule has 2 aromatic carbocycles. The number of hydrogen-bond acceptors (Lipinski definition) is 7. The lowest BCUT2D eigenvalue weighted by atomic mass is 10.2. The zero-order valence-corrected chi connectivity index (χ0v) is 22.2. The molecule has 2 atom stereocenters. The molecule has 1 aliphatic heterocycles. The Morgan fingerprint density at radius 2 is 1.81 bits per heavy atom. The minimum absolute atomic E-state index is 0.0251. The van der Waals surface area contributed by atoms with Crippen LogP contribution in [0, 0.1) is 6.92 Å². The lowest BCUT2D eigenvalue weighted by molar-refractivity contribution is -0.139. The average molecular weight is 579 g/mol. The van der Waals surface area contributed by atoms with Crippen molar-refractivity contribution in [3.8, 4) is 0 Å². The second kappa shape index (κ2) is 11.4. The van der Waals surface area contributed by atoms with E-state index in [0.29, 0.717) is 17.5 Å². The van der Waals surface area contributed by atoms with Crippen LogP contribution in [-0.2, 0) is 36.1 Å². The fraction of sp³-hybridized carbons (Fsp3) is 0.333. The van der Waals surface area contributed by atoms with E-state index in [1.807, 2.05) is 0 Å². The number of amides is 2. The van der Waals surface area contributed by atoms with Gasteiger partial charge in [-0.25, -0.2) is 32.1 Å². The van der Waals surface area contributed by atoms with Gasteiger partial charge in [0.15, 0.2) is 0 Å². The van der Waals surface area contributed by atoms with Crippen LogP contribution in [0.5, 0.6) is 0 Å². The van der Waals surface area contributed by atoms with Gasteiger partial charge in [0, 0.05) is 18.8 Å². The molecule has 0 aliphatic carbocycles. The molecule has 2 aromatic rings. The Hall–Kier alpha value is -2.26. The van der Waals surface area contributed by atoms with Crippen molar-refractivity contribution in [2.24, 2.45) is 5.14 Å². The van der Waals surface area contributed by atoms with Crippen molar-refractivity contribution in [2.75, 3.05) is 25.0 Å². The molecular weight excluding hydrogens is 553 g/mol. The van der Waals surface area contributed by atoms with Crippen molar-refractivity contribution >= 4 is 60.8 Å². The lowest BCUT2D eigenvalue weighted by Crippen LogP contribution is -2.58. The number of rotatable bonds is 9. The molecule has 196 valence electrons. The SMILES string of the molecule is Cc1ccc(NC(=O)CN2NCC(Cl)C(Cl)C2=O)cc1S(=O)(=O)NCCc1ccc(S(N)(=O)=O)cc1. The maximum absolute atomic E-state index is 12.9. The van der Waals surface area contributed by atoms with E-state index in [1.165, 1.54) is 18.2 Å². The first kappa shape index (κ1) is 28.3. The zero-order chi connectivity index (χ0) is 26.7. The predicted molar refractivity (Wildman–Crippen MR) is 136 cm³/mol. The van der Waals surface area contributed by atoms with Gasteiger partial charge in [-0.1, -0.05) is 18.2 Å². The first-order chi connectivity index (χ1) is 16.8. The van der Waals surface area contributed by atoms with E-state index in [9.17, 15) is 26.4 Å². The van der Waals surface area contributed by atoms with Gasteiger partial charge in [0.2, 0.25) is 26.0 Å². The van der Waals surface area contributed by atoms with Crippen LogP contribution in [0.3, 0.4) is 0 Å². The summed E-state index contributed by atoms with van der Waals surface area (Å²) in [5, 5.41) is 7.15. The summed E-state index contributed by atoms with van der Waals surface area (Å²) in [5.41, 5.74) is 4.12. The number of hydrazine groups is 1. The monoisotopic (exact) mass is 577 g/mol. The number of carbonyl (C=O) groups is 2. The number of halogens is 2. The summed E-state index contributed by atoms with van der Waals surface area (Å²) in [4.78, 5) is 24.5. The van der Waals surface area contributed by atoms with Gasteiger partial charge in [0.1, 0.15) is 11.9 Å². The minimum Gasteiger partial charge on any atom is -0.324 e. The van der Waals surface area contributed by atoms with Crippen LogP contribution in [0.1, 0.15) is 11.1 Å². The van der Waals surface area contributed by atoms with Crippen molar-refractivity contribution in [3.63, 3.8) is 0 Å². The number of carbonyl (C=O) groups excluding carboxylic acids is 2. The van der Waals surface area contributed by atoms with E-state index in [-0.39, 0.29) is 35.1 Å². The third-order valence-electron chi connectivity index (χ3n) is 5.32. The molecule has 0 spiro atoms. The van der Waals surface area contributed by atoms with Crippen molar-refractivity contribution in [3.05, 3.63) is 53.6 Å². The van der Waals surface area contributed by atoms with E-state index in [0.717, 1.165) is 5.01 Å². The molecule has 1 fully saturated rings. The number of primary sulfonamides is 1. The first-order valence-corrected chi connectivity index (χ1v) is 14.5. The van der Waals surface area contributed by atoms with Gasteiger partial charge < -0.3 is 5.32 Å². The van der Waals surface area contributed by atoms with Crippen LogP contribution in [0.15, 0.2) is 52.3 Å². The fourth-order valence-corrected chi connectivity index (χ4v) is 5.58. The van der Waals surface area contributed by atoms with Crippen LogP contribution in [0.4, 0.5) is 5.69 Å². The second-order valence-electron chi connectivity index (χ2n) is 8.07. The van der Waals surface area contributed by atoms with E-state index in [4.69, 9.17) is 28.3 Å². The third-order valence-corrected chi connectivity index (χ3v) is 8.88. The predicted octanol–water partition coefficient (Wildman–Crippen LogP) is 0.664. The van der Waals surface area contributed by atoms with E-state index < -0.39 is 42.6 Å². The topological polar surface area (TPSA) is 168 Å². The molecule has 1 heterocycles. The van der Waals surface area contributed by atoms with Gasteiger partial charge >= 0.3 is 0 Å². The summed E-state index contributed by atoms with van der Waals surface area (Å²) in [7, 11) is -7.73. The number of nitrogens with one attached hydrogen (secondary N) is 3. The molecule has 0 aromatic heterocycles. The number of aryl methyl sites for hydroxylation is 1. The number of alkyl halides is 2. The van der Waals surface area contributed by atoms with Gasteiger partial charge in [0.05, 0.1) is 15.2 Å². The van der Waals surface area contributed by atoms with Gasteiger partial charge in [-0.05, 0) is 48.7 Å². The summed E-state index contributed by atoms with van der Waals surface area (Å²) >= 11 is 11.9. The average Bonchev–Trinajstić information content (AvgIpc) is 2.80. The molecule has 1 saturated heterocycles. The zero-order valence-electron chi connectivity index (χ0n) is 19.1. The smallest absolute Gasteiger partial charge is 0.256 e. The lowest BCUT2D eigenvalue weighted by Gasteiger charge is -2.32. The molecule has 5 N–H and O–H groups in total. The molecule has 15 heteroatoms. The van der Waals surface area contributed by atoms with Crippen molar-refractivity contribution < 1.29 is 26.4 Å². The van der Waals surface area contributed by atoms with E-state index >= 15 is 0 Å². The number of sulfonamides is 2. The maximum atomic E-state index is 12.9. The van der Waals surface area contributed by atoms with Crippen molar-refractivity contribution in [1.82, 2.24) is 15.2 Å². The maximum Gasteiger partial charge on any atom is 0.256 e. The molecule has 0 bridgehead atoms. The van der Waals surface area contributed by atoms with Crippen LogP contribution in [-0.4, -0.2) is 64.0 Å². The number of nitrogens with zero attached hydrogens (tertiary/aromatic N) is 1. The van der Waals surface area contributed by atoms with Gasteiger partial charge in [-0.2, -0.15) is 0 Å². The number of hydrogen-bond donors (Lipinski definition) is 4. The van der Waals surface area contributed by atoms with Crippen LogP contribution < -0.4 is 20.6 Å². The Bertz CT molecular complexity index is 1350. The number of nitrogens with two attached hydrogens (primary N) is 1. The Labute approximate surface area is 219 Å². The molecule has 3 rings (SSSR count). The standard InChI is InChI=1S/C21H25Cl2N5O6S2/c1-13-2-5-15(27-19(29)12-28-21(30)20(23)17(22)11-25-28)10-18(13)36(33,34)26-9-8-14-3-6-16(7-4-14)35(24,31)32/h2-7,10,17,20,25-26H,8-9,11-12H2,1H3,(H,27,29)(H2,24,31,32). The molecule has 2 unspecified atom stereocenters. The summed E-state index contributed by atoms with van der Waals surface area (Å²) in [5.74, 6) is -1.09. The van der Waals surface area contributed by atoms with Crippen LogP contribution >= 0.6 is 23.2 Å². The van der Waals surface area contributed by atoms with Gasteiger partial charge in [-0.15, -0.1) is 23.2 Å². The molecule has 11 nitrogen and oxygen atoms in total. The first-order valence-electron chi connectivity index (χ1n) is 10.6. The minimum atomic E-state index is -3.93. The highest BCUT2D eigenvalue weighted by Crippen LogP contribution is 2.21. The molecular formula is C21H25Cl2N5O6S2. The van der Waals surface area contributed by atoms with Crippen LogP contribution in [0.25, 0.3) is 0 Å². The van der Waals surface area contributed by atoms with Gasteiger partial charge in [0.25, 0.3) is 5.91 Å².